The van der Waals surface area contributed by atoms with Crippen LogP contribution in [0.1, 0.15) is 11.7 Å². The van der Waals surface area contributed by atoms with Crippen molar-refractivity contribution in [2.75, 3.05) is 6.61 Å². The van der Waals surface area contributed by atoms with Gasteiger partial charge < -0.3 is 9.84 Å². The van der Waals surface area contributed by atoms with E-state index in [-0.39, 0.29) is 0 Å². The average Bonchev–Trinajstić information content (AvgIpc) is 2.27. The zero-order valence-corrected chi connectivity index (χ0v) is 8.44. The Morgan fingerprint density at radius 3 is 2.60 bits per heavy atom. The zero-order chi connectivity index (χ0) is 11.3. The van der Waals surface area contributed by atoms with E-state index < -0.39 is 18.7 Å². The van der Waals surface area contributed by atoms with Crippen molar-refractivity contribution in [3.05, 3.63) is 34.9 Å². The van der Waals surface area contributed by atoms with Gasteiger partial charge in [0.25, 0.3) is 0 Å². The van der Waals surface area contributed by atoms with Crippen molar-refractivity contribution in [2.24, 2.45) is 0 Å². The number of nitriles is 1. The second-order valence-electron chi connectivity index (χ2n) is 2.71. The van der Waals surface area contributed by atoms with Crippen molar-refractivity contribution < 1.29 is 14.6 Å². The van der Waals surface area contributed by atoms with Gasteiger partial charge in [0, 0.05) is 10.6 Å². The van der Waals surface area contributed by atoms with Gasteiger partial charge in [-0.05, 0) is 12.1 Å². The summed E-state index contributed by atoms with van der Waals surface area (Å²) in [5, 5.41) is 17.7. The Balaban J connectivity index is 2.80. The zero-order valence-electron chi connectivity index (χ0n) is 7.68. The molecule has 0 aliphatic heterocycles. The van der Waals surface area contributed by atoms with E-state index in [1.165, 1.54) is 0 Å². The number of nitrogens with zero attached hydrogens (tertiary/aromatic N) is 1. The van der Waals surface area contributed by atoms with E-state index in [9.17, 15) is 4.79 Å². The van der Waals surface area contributed by atoms with E-state index in [4.69, 9.17) is 22.0 Å². The number of aliphatic hydroxyl groups is 1. The van der Waals surface area contributed by atoms with E-state index in [2.05, 4.69) is 4.74 Å². The summed E-state index contributed by atoms with van der Waals surface area (Å²) in [6.45, 7) is -0.744. The molecule has 5 heteroatoms. The topological polar surface area (TPSA) is 70.3 Å². The van der Waals surface area contributed by atoms with E-state index in [0.29, 0.717) is 10.6 Å². The second kappa shape index (κ2) is 5.35. The van der Waals surface area contributed by atoms with Crippen LogP contribution >= 0.6 is 11.6 Å². The average molecular weight is 226 g/mol. The largest absolute Gasteiger partial charge is 0.440 e. The highest BCUT2D eigenvalue weighted by Crippen LogP contribution is 2.19. The van der Waals surface area contributed by atoms with Crippen LogP contribution in [0.25, 0.3) is 0 Å². The number of halogens is 1. The molecule has 78 valence electrons. The first-order chi connectivity index (χ1) is 7.17. The first kappa shape index (κ1) is 11.5. The molecule has 1 N–H and O–H groups in total. The first-order valence-corrected chi connectivity index (χ1v) is 4.50. The molecule has 0 spiro atoms. The molecule has 0 amide bonds. The van der Waals surface area contributed by atoms with Crippen molar-refractivity contribution in [3.8, 4) is 6.07 Å². The Labute approximate surface area is 91.7 Å². The van der Waals surface area contributed by atoms with E-state index in [0.717, 1.165) is 0 Å². The molecule has 1 unspecified atom stereocenters. The summed E-state index contributed by atoms with van der Waals surface area (Å²) in [5.74, 6) is -0.837. The Hall–Kier alpha value is -1.57. The highest BCUT2D eigenvalue weighted by molar-refractivity contribution is 6.30. The number of ether oxygens (including phenoxy) is 1. The molecule has 4 nitrogen and oxygen atoms in total. The molecule has 0 aliphatic rings. The number of carbonyl (C=O) groups is 1. The molecule has 0 bridgehead atoms. The molecule has 1 aromatic rings. The minimum atomic E-state index is -1.01. The Bertz CT molecular complexity index is 383. The molecular formula is C10H8ClNO3. The summed E-state index contributed by atoms with van der Waals surface area (Å²) in [6.07, 6.45) is -1.01. The molecule has 0 saturated carbocycles. The SMILES string of the molecule is N#CC(OC(=O)CO)c1ccc(Cl)cc1. The summed E-state index contributed by atoms with van der Waals surface area (Å²) < 4.78 is 4.68. The fourth-order valence-corrected chi connectivity index (χ4v) is 1.10. The van der Waals surface area contributed by atoms with E-state index in [1.54, 1.807) is 30.3 Å². The summed E-state index contributed by atoms with van der Waals surface area (Å²) in [6, 6.07) is 8.16. The highest BCUT2D eigenvalue weighted by Gasteiger charge is 2.14. The monoisotopic (exact) mass is 225 g/mol. The number of hydrogen-bond donors (Lipinski definition) is 1. The van der Waals surface area contributed by atoms with Gasteiger partial charge in [0.2, 0.25) is 6.10 Å². The van der Waals surface area contributed by atoms with Gasteiger partial charge in [0.05, 0.1) is 0 Å². The van der Waals surface area contributed by atoms with Gasteiger partial charge in [0.1, 0.15) is 12.7 Å². The quantitative estimate of drug-likeness (QED) is 0.791. The molecule has 1 atom stereocenters. The van der Waals surface area contributed by atoms with Gasteiger partial charge in [-0.25, -0.2) is 4.79 Å². The van der Waals surface area contributed by atoms with Crippen LogP contribution in [0.3, 0.4) is 0 Å². The maximum Gasteiger partial charge on any atom is 0.333 e. The predicted molar refractivity (Wildman–Crippen MR) is 53.0 cm³/mol. The third-order valence-corrected chi connectivity index (χ3v) is 1.92. The molecule has 0 saturated heterocycles. The molecule has 0 radical (unpaired) electrons. The molecule has 0 fully saturated rings. The summed E-state index contributed by atoms with van der Waals surface area (Å²) in [5.41, 5.74) is 0.517. The number of aliphatic hydroxyl groups excluding tert-OH is 1. The molecule has 0 aromatic heterocycles. The van der Waals surface area contributed by atoms with Crippen LogP contribution in [0.2, 0.25) is 5.02 Å². The minimum absolute atomic E-state index is 0.517. The number of rotatable bonds is 3. The number of carbonyl (C=O) groups excluding carboxylic acids is 1. The van der Waals surface area contributed by atoms with Crippen LogP contribution in [0.5, 0.6) is 0 Å². The van der Waals surface area contributed by atoms with Gasteiger partial charge >= 0.3 is 5.97 Å². The fourth-order valence-electron chi connectivity index (χ4n) is 0.975. The molecular weight excluding hydrogens is 218 g/mol. The van der Waals surface area contributed by atoms with Crippen molar-refractivity contribution in [3.63, 3.8) is 0 Å². The van der Waals surface area contributed by atoms with Crippen LogP contribution in [0.15, 0.2) is 24.3 Å². The van der Waals surface area contributed by atoms with Crippen LogP contribution in [-0.2, 0) is 9.53 Å². The van der Waals surface area contributed by atoms with Crippen molar-refractivity contribution in [1.82, 2.24) is 0 Å². The minimum Gasteiger partial charge on any atom is -0.440 e. The Kier molecular flexibility index (Phi) is 4.10. The van der Waals surface area contributed by atoms with Gasteiger partial charge in [0.15, 0.2) is 0 Å². The van der Waals surface area contributed by atoms with Crippen molar-refractivity contribution >= 4 is 17.6 Å². The standard InChI is InChI=1S/C10H8ClNO3/c11-8-3-1-7(2-4-8)9(5-12)15-10(14)6-13/h1-4,9,13H,6H2. The van der Waals surface area contributed by atoms with E-state index in [1.807, 2.05) is 0 Å². The lowest BCUT2D eigenvalue weighted by Crippen LogP contribution is -2.13. The van der Waals surface area contributed by atoms with Crippen molar-refractivity contribution in [2.45, 2.75) is 6.10 Å². The highest BCUT2D eigenvalue weighted by atomic mass is 35.5. The fraction of sp³-hybridized carbons (Fsp3) is 0.200. The van der Waals surface area contributed by atoms with Gasteiger partial charge in [-0.1, -0.05) is 23.7 Å². The second-order valence-corrected chi connectivity index (χ2v) is 3.15. The normalized spacial score (nSPS) is 11.5. The first-order valence-electron chi connectivity index (χ1n) is 4.13. The van der Waals surface area contributed by atoms with Crippen molar-refractivity contribution in [1.29, 1.82) is 5.26 Å². The Morgan fingerprint density at radius 1 is 1.53 bits per heavy atom. The summed E-state index contributed by atoms with van der Waals surface area (Å²) in [7, 11) is 0. The van der Waals surface area contributed by atoms with Crippen LogP contribution < -0.4 is 0 Å². The van der Waals surface area contributed by atoms with Crippen LogP contribution in [-0.4, -0.2) is 17.7 Å². The van der Waals surface area contributed by atoms with Crippen LogP contribution in [0, 0.1) is 11.3 Å². The van der Waals surface area contributed by atoms with Gasteiger partial charge in [-0.3, -0.25) is 0 Å². The molecule has 0 aliphatic carbocycles. The number of benzene rings is 1. The van der Waals surface area contributed by atoms with Gasteiger partial charge in [-0.2, -0.15) is 5.26 Å². The lowest BCUT2D eigenvalue weighted by atomic mass is 10.1. The van der Waals surface area contributed by atoms with Crippen LogP contribution in [0.4, 0.5) is 0 Å². The lowest BCUT2D eigenvalue weighted by Gasteiger charge is -2.09. The summed E-state index contributed by atoms with van der Waals surface area (Å²) >= 11 is 5.66. The smallest absolute Gasteiger partial charge is 0.333 e. The lowest BCUT2D eigenvalue weighted by molar-refractivity contribution is -0.150. The van der Waals surface area contributed by atoms with E-state index >= 15 is 0 Å². The third kappa shape index (κ3) is 3.24. The maximum atomic E-state index is 10.8. The molecule has 0 heterocycles. The number of esters is 1. The molecule has 1 rings (SSSR count). The summed E-state index contributed by atoms with van der Waals surface area (Å²) in [4.78, 5) is 10.8. The Morgan fingerprint density at radius 2 is 2.13 bits per heavy atom. The maximum absolute atomic E-state index is 10.8. The van der Waals surface area contributed by atoms with Gasteiger partial charge in [-0.15, -0.1) is 0 Å². The molecule has 1 aromatic carbocycles. The predicted octanol–water partition coefficient (Wildman–Crippen LogP) is 1.44. The number of hydrogen-bond acceptors (Lipinski definition) is 4. The third-order valence-electron chi connectivity index (χ3n) is 1.67. The molecule has 15 heavy (non-hydrogen) atoms.